The number of benzene rings is 2. The number of alkyl halides is 2. The molecule has 10 nitrogen and oxygen atoms in total. The lowest BCUT2D eigenvalue weighted by Gasteiger charge is -2.42. The molecule has 2 N–H and O–H groups in total. The van der Waals surface area contributed by atoms with E-state index in [1.54, 1.807) is 33.0 Å². The highest BCUT2D eigenvalue weighted by molar-refractivity contribution is 9.10. The first kappa shape index (κ1) is 34.8. The molecule has 2 amide bonds. The normalized spacial score (nSPS) is 22.6. The van der Waals surface area contributed by atoms with Crippen LogP contribution in [0.3, 0.4) is 0 Å². The molecule has 6 rings (SSSR count). The zero-order chi connectivity index (χ0) is 34.4. The van der Waals surface area contributed by atoms with Crippen molar-refractivity contribution in [3.63, 3.8) is 0 Å². The number of sulfonamides is 1. The lowest BCUT2D eigenvalue weighted by atomic mass is 9.94. The molecule has 2 saturated heterocycles. The monoisotopic (exact) mass is 749 g/mol. The molecule has 0 radical (unpaired) electrons. The fourth-order valence-electron chi connectivity index (χ4n) is 7.39. The number of piperidine rings is 1. The number of rotatable bonds is 9. The lowest BCUT2D eigenvalue weighted by molar-refractivity contribution is -0.149. The van der Waals surface area contributed by atoms with E-state index in [0.29, 0.717) is 47.0 Å². The van der Waals surface area contributed by atoms with Crippen molar-refractivity contribution in [1.29, 1.82) is 0 Å². The number of ether oxygens (including phenoxy) is 1. The van der Waals surface area contributed by atoms with Gasteiger partial charge in [-0.05, 0) is 95.5 Å². The van der Waals surface area contributed by atoms with Crippen LogP contribution in [0.2, 0.25) is 0 Å². The van der Waals surface area contributed by atoms with E-state index in [9.17, 15) is 18.0 Å². The molecule has 1 aliphatic carbocycles. The lowest BCUT2D eigenvalue weighted by Crippen LogP contribution is -2.61. The molecule has 14 heteroatoms. The maximum atomic E-state index is 16.5. The van der Waals surface area contributed by atoms with Crippen molar-refractivity contribution in [2.24, 2.45) is 5.92 Å². The molecule has 3 atom stereocenters. The van der Waals surface area contributed by atoms with Gasteiger partial charge in [0.05, 0.1) is 10.4 Å². The largest absolute Gasteiger partial charge is 0.444 e. The topological polar surface area (TPSA) is 123 Å². The van der Waals surface area contributed by atoms with Crippen molar-refractivity contribution < 1.29 is 31.5 Å². The highest BCUT2D eigenvalue weighted by Gasteiger charge is 2.54. The van der Waals surface area contributed by atoms with E-state index in [-0.39, 0.29) is 10.9 Å². The molecular formula is C34H42BrF2N5O5S. The fraction of sp³-hybridized carbons (Fsp3) is 0.559. The molecule has 3 aliphatic rings. The van der Waals surface area contributed by atoms with Gasteiger partial charge in [0.15, 0.2) is 6.04 Å². The molecule has 2 aromatic carbocycles. The Labute approximate surface area is 288 Å². The number of aromatic nitrogens is 2. The number of carbonyl (C=O) groups excluding carboxylic acids is 2. The summed E-state index contributed by atoms with van der Waals surface area (Å²) in [5.41, 5.74) is -0.591. The van der Waals surface area contributed by atoms with Crippen LogP contribution in [0.5, 0.6) is 0 Å². The van der Waals surface area contributed by atoms with Crippen molar-refractivity contribution in [3.05, 3.63) is 58.7 Å². The van der Waals surface area contributed by atoms with E-state index < -0.39 is 57.2 Å². The molecule has 260 valence electrons. The molecule has 3 heterocycles. The number of fused-ring (bicyclic) bond motifs is 3. The van der Waals surface area contributed by atoms with Crippen LogP contribution in [0.15, 0.2) is 58.0 Å². The first-order valence-corrected chi connectivity index (χ1v) is 18.8. The summed E-state index contributed by atoms with van der Waals surface area (Å²) in [6.45, 7) is 6.00. The Kier molecular flexibility index (Phi) is 9.64. The number of hydrogen-bond donors (Lipinski definition) is 2. The van der Waals surface area contributed by atoms with E-state index in [1.165, 1.54) is 54.1 Å². The van der Waals surface area contributed by atoms with Gasteiger partial charge in [0.25, 0.3) is 5.92 Å². The maximum absolute atomic E-state index is 16.5. The van der Waals surface area contributed by atoms with Crippen LogP contribution in [0.4, 0.5) is 13.6 Å². The van der Waals surface area contributed by atoms with E-state index in [4.69, 9.17) is 4.74 Å². The second-order valence-electron chi connectivity index (χ2n) is 14.4. The van der Waals surface area contributed by atoms with Gasteiger partial charge in [-0.3, -0.25) is 9.48 Å². The third-order valence-corrected chi connectivity index (χ3v) is 11.5. The smallest absolute Gasteiger partial charge is 0.407 e. The summed E-state index contributed by atoms with van der Waals surface area (Å²) < 4.78 is 70.5. The summed E-state index contributed by atoms with van der Waals surface area (Å²) in [6.07, 6.45) is 7.60. The van der Waals surface area contributed by atoms with Gasteiger partial charge in [-0.1, -0.05) is 40.9 Å². The summed E-state index contributed by atoms with van der Waals surface area (Å²) >= 11 is 3.25. The maximum Gasteiger partial charge on any atom is 0.407 e. The predicted molar refractivity (Wildman–Crippen MR) is 180 cm³/mol. The molecule has 2 aliphatic heterocycles. The Bertz CT molecular complexity index is 1760. The fourth-order valence-corrected chi connectivity index (χ4v) is 8.88. The minimum atomic E-state index is -4.60. The van der Waals surface area contributed by atoms with Crippen molar-refractivity contribution in [3.8, 4) is 0 Å². The van der Waals surface area contributed by atoms with Crippen LogP contribution in [-0.2, 0) is 32.0 Å². The molecule has 3 aromatic rings. The summed E-state index contributed by atoms with van der Waals surface area (Å²) in [5, 5.41) is 8.00. The van der Waals surface area contributed by atoms with E-state index >= 15 is 8.78 Å². The predicted octanol–water partition coefficient (Wildman–Crippen LogP) is 6.47. The van der Waals surface area contributed by atoms with Gasteiger partial charge in [0, 0.05) is 46.3 Å². The SMILES string of the molecule is CC(C)(C)OC(=O)NC1CC2CCC(C1)N2C(=O)C(NS(=O)(=O)c1ccc2nn(CC3CCCC3)cc2c1)C(F)(F)c1ccc(Br)cc1. The van der Waals surface area contributed by atoms with Crippen LogP contribution in [-0.4, -0.2) is 64.9 Å². The summed E-state index contributed by atoms with van der Waals surface area (Å²) in [5.74, 6) is -4.38. The molecule has 3 unspecified atom stereocenters. The van der Waals surface area contributed by atoms with E-state index in [2.05, 4.69) is 31.1 Å². The zero-order valence-electron chi connectivity index (χ0n) is 27.3. The number of alkyl carbamates (subject to hydrolysis) is 1. The van der Waals surface area contributed by atoms with Crippen molar-refractivity contribution in [2.45, 2.75) is 119 Å². The Balaban J connectivity index is 1.26. The molecular weight excluding hydrogens is 708 g/mol. The highest BCUT2D eigenvalue weighted by atomic mass is 79.9. The van der Waals surface area contributed by atoms with Crippen LogP contribution in [0.1, 0.15) is 77.7 Å². The number of amides is 2. The van der Waals surface area contributed by atoms with Gasteiger partial charge in [-0.15, -0.1) is 0 Å². The van der Waals surface area contributed by atoms with Crippen LogP contribution >= 0.6 is 15.9 Å². The number of nitrogens with zero attached hydrogens (tertiary/aromatic N) is 3. The second kappa shape index (κ2) is 13.3. The molecule has 3 fully saturated rings. The van der Waals surface area contributed by atoms with Crippen LogP contribution < -0.4 is 10.0 Å². The Morgan fingerprint density at radius 3 is 2.29 bits per heavy atom. The third kappa shape index (κ3) is 7.55. The Hall–Kier alpha value is -3.10. The van der Waals surface area contributed by atoms with Gasteiger partial charge in [0.1, 0.15) is 5.60 Å². The molecule has 0 spiro atoms. The Morgan fingerprint density at radius 1 is 1.02 bits per heavy atom. The number of nitrogens with one attached hydrogen (secondary N) is 2. The molecule has 1 saturated carbocycles. The van der Waals surface area contributed by atoms with Gasteiger partial charge in [-0.25, -0.2) is 13.2 Å². The van der Waals surface area contributed by atoms with Crippen LogP contribution in [0, 0.1) is 5.92 Å². The standard InChI is InChI=1S/C34H42BrF2N5O5S/c1-33(2,3)47-32(44)38-25-17-26-12-13-27(18-25)42(26)31(43)30(34(36,37)23-8-10-24(35)11-9-23)40-48(45,46)28-14-15-29-22(16-28)20-41(39-29)19-21-6-4-5-7-21/h8-11,14-16,20-21,25-27,30,40H,4-7,12-13,17-19H2,1-3H3,(H,38,44). The average molecular weight is 751 g/mol. The summed E-state index contributed by atoms with van der Waals surface area (Å²) in [7, 11) is -4.60. The average Bonchev–Trinajstić information content (AvgIpc) is 3.72. The number of carbonyl (C=O) groups is 2. The van der Waals surface area contributed by atoms with Gasteiger partial charge in [0.2, 0.25) is 15.9 Å². The minimum absolute atomic E-state index is 0.233. The van der Waals surface area contributed by atoms with Gasteiger partial charge in [-0.2, -0.15) is 18.6 Å². The molecule has 2 bridgehead atoms. The first-order valence-electron chi connectivity index (χ1n) is 16.5. The zero-order valence-corrected chi connectivity index (χ0v) is 29.7. The summed E-state index contributed by atoms with van der Waals surface area (Å²) in [4.78, 5) is 27.9. The van der Waals surface area contributed by atoms with E-state index in [1.807, 2.05) is 4.68 Å². The Morgan fingerprint density at radius 2 is 1.67 bits per heavy atom. The number of hydrogen-bond acceptors (Lipinski definition) is 6. The number of halogens is 3. The van der Waals surface area contributed by atoms with Crippen LogP contribution in [0.25, 0.3) is 10.9 Å². The van der Waals surface area contributed by atoms with Crippen molar-refractivity contribution in [1.82, 2.24) is 24.7 Å². The minimum Gasteiger partial charge on any atom is -0.444 e. The summed E-state index contributed by atoms with van der Waals surface area (Å²) in [6, 6.07) is 5.86. The molecule has 1 aromatic heterocycles. The quantitative estimate of drug-likeness (QED) is 0.259. The first-order chi connectivity index (χ1) is 22.6. The highest BCUT2D eigenvalue weighted by Crippen LogP contribution is 2.40. The third-order valence-electron chi connectivity index (χ3n) is 9.57. The van der Waals surface area contributed by atoms with Gasteiger partial charge < -0.3 is 15.0 Å². The van der Waals surface area contributed by atoms with Crippen molar-refractivity contribution >= 4 is 48.9 Å². The van der Waals surface area contributed by atoms with E-state index in [0.717, 1.165) is 19.4 Å². The second-order valence-corrected chi connectivity index (χ2v) is 17.0. The van der Waals surface area contributed by atoms with Crippen molar-refractivity contribution in [2.75, 3.05) is 0 Å². The van der Waals surface area contributed by atoms with Gasteiger partial charge >= 0.3 is 6.09 Å². The molecule has 48 heavy (non-hydrogen) atoms.